The summed E-state index contributed by atoms with van der Waals surface area (Å²) in [5, 5.41) is 0. The predicted molar refractivity (Wildman–Crippen MR) is 69.1 cm³/mol. The van der Waals surface area contributed by atoms with Gasteiger partial charge in [-0.25, -0.2) is 0 Å². The van der Waals surface area contributed by atoms with E-state index in [0.717, 1.165) is 6.42 Å². The van der Waals surface area contributed by atoms with Gasteiger partial charge in [0.1, 0.15) is 0 Å². The minimum Gasteiger partial charge on any atom is -0.326 e. The van der Waals surface area contributed by atoms with Crippen LogP contribution in [0.2, 0.25) is 0 Å². The Hall–Kier alpha value is -1.60. The first-order valence-corrected chi connectivity index (χ1v) is 5.59. The molecule has 0 saturated carbocycles. The van der Waals surface area contributed by atoms with Gasteiger partial charge in [-0.15, -0.1) is 6.58 Å². The quantitative estimate of drug-likeness (QED) is 0.764. The molecule has 16 heavy (non-hydrogen) atoms. The molecule has 1 heteroatoms. The molecule has 2 rings (SSSR count). The minimum atomic E-state index is -0.0787. The lowest BCUT2D eigenvalue weighted by Gasteiger charge is -2.30. The van der Waals surface area contributed by atoms with Gasteiger partial charge in [-0.2, -0.15) is 0 Å². The minimum absolute atomic E-state index is 0.0787. The fourth-order valence-corrected chi connectivity index (χ4v) is 2.25. The molecule has 0 radical (unpaired) electrons. The Morgan fingerprint density at radius 1 is 1.31 bits per heavy atom. The summed E-state index contributed by atoms with van der Waals surface area (Å²) in [7, 11) is 0. The van der Waals surface area contributed by atoms with Gasteiger partial charge >= 0.3 is 0 Å². The number of allylic oxidation sites excluding steroid dienone is 5. The van der Waals surface area contributed by atoms with Crippen LogP contribution < -0.4 is 5.73 Å². The third-order valence-electron chi connectivity index (χ3n) is 3.20. The zero-order valence-electron chi connectivity index (χ0n) is 9.39. The molecule has 1 aliphatic rings. The molecule has 0 bridgehead atoms. The van der Waals surface area contributed by atoms with E-state index in [1.54, 1.807) is 0 Å². The van der Waals surface area contributed by atoms with Crippen LogP contribution in [0.25, 0.3) is 0 Å². The monoisotopic (exact) mass is 211 g/mol. The average molecular weight is 211 g/mol. The Balaban J connectivity index is 2.52. The molecule has 0 amide bonds. The van der Waals surface area contributed by atoms with Crippen molar-refractivity contribution >= 4 is 0 Å². The Bertz CT molecular complexity index is 443. The maximum absolute atomic E-state index is 5.79. The third-order valence-corrected chi connectivity index (χ3v) is 3.20. The van der Waals surface area contributed by atoms with E-state index < -0.39 is 0 Å². The van der Waals surface area contributed by atoms with Crippen molar-refractivity contribution in [2.75, 3.05) is 0 Å². The van der Waals surface area contributed by atoms with Crippen LogP contribution in [0.4, 0.5) is 0 Å². The molecular formula is C15H17N. The maximum Gasteiger partial charge on any atom is 0.0350 e. The van der Waals surface area contributed by atoms with Gasteiger partial charge in [0.05, 0.1) is 0 Å². The van der Waals surface area contributed by atoms with Crippen LogP contribution in [0.5, 0.6) is 0 Å². The van der Waals surface area contributed by atoms with Crippen molar-refractivity contribution in [1.29, 1.82) is 0 Å². The van der Waals surface area contributed by atoms with Crippen LogP contribution in [-0.2, 0) is 12.0 Å². The lowest BCUT2D eigenvalue weighted by Crippen LogP contribution is -2.23. The average Bonchev–Trinajstić information content (AvgIpc) is 2.39. The molecule has 0 aromatic heterocycles. The Kier molecular flexibility index (Phi) is 3.07. The van der Waals surface area contributed by atoms with Gasteiger partial charge in [-0.05, 0) is 17.5 Å². The standard InChI is InChI=1S/C15H17N/c1-2-15(10-6-3-7-11-15)14-9-5-4-8-13(14)12-16/h2-10H,1,11-12,16H2. The number of rotatable bonds is 3. The Morgan fingerprint density at radius 3 is 2.75 bits per heavy atom. The molecule has 1 atom stereocenters. The van der Waals surface area contributed by atoms with Gasteiger partial charge in [0.15, 0.2) is 0 Å². The van der Waals surface area contributed by atoms with Gasteiger partial charge in [0, 0.05) is 12.0 Å². The van der Waals surface area contributed by atoms with Crippen molar-refractivity contribution < 1.29 is 0 Å². The molecule has 1 aromatic rings. The first kappa shape index (κ1) is 10.9. The molecular weight excluding hydrogens is 194 g/mol. The number of hydrogen-bond donors (Lipinski definition) is 1. The zero-order valence-corrected chi connectivity index (χ0v) is 9.39. The summed E-state index contributed by atoms with van der Waals surface area (Å²) >= 11 is 0. The first-order chi connectivity index (χ1) is 7.82. The highest BCUT2D eigenvalue weighted by Gasteiger charge is 2.27. The highest BCUT2D eigenvalue weighted by atomic mass is 14.5. The van der Waals surface area contributed by atoms with E-state index in [1.807, 2.05) is 12.1 Å². The van der Waals surface area contributed by atoms with E-state index in [-0.39, 0.29) is 5.41 Å². The zero-order chi connectivity index (χ0) is 11.4. The summed E-state index contributed by atoms with van der Waals surface area (Å²) in [6.07, 6.45) is 11.5. The van der Waals surface area contributed by atoms with Crippen LogP contribution in [-0.4, -0.2) is 0 Å². The first-order valence-electron chi connectivity index (χ1n) is 5.59. The normalized spacial score (nSPS) is 23.3. The number of hydrogen-bond acceptors (Lipinski definition) is 1. The van der Waals surface area contributed by atoms with Crippen molar-refractivity contribution in [1.82, 2.24) is 0 Å². The molecule has 1 aliphatic carbocycles. The van der Waals surface area contributed by atoms with E-state index >= 15 is 0 Å². The molecule has 0 spiro atoms. The van der Waals surface area contributed by atoms with Gasteiger partial charge in [-0.3, -0.25) is 0 Å². The van der Waals surface area contributed by atoms with Crippen molar-refractivity contribution in [2.45, 2.75) is 18.4 Å². The van der Waals surface area contributed by atoms with Crippen molar-refractivity contribution in [3.05, 3.63) is 72.4 Å². The summed E-state index contributed by atoms with van der Waals surface area (Å²) in [4.78, 5) is 0. The predicted octanol–water partition coefficient (Wildman–Crippen LogP) is 3.09. The largest absolute Gasteiger partial charge is 0.326 e. The molecule has 82 valence electrons. The highest BCUT2D eigenvalue weighted by molar-refractivity contribution is 5.44. The van der Waals surface area contributed by atoms with E-state index in [9.17, 15) is 0 Å². The highest BCUT2D eigenvalue weighted by Crippen LogP contribution is 2.35. The summed E-state index contributed by atoms with van der Waals surface area (Å²) < 4.78 is 0. The third kappa shape index (κ3) is 1.74. The molecule has 2 N–H and O–H groups in total. The smallest absolute Gasteiger partial charge is 0.0350 e. The second-order valence-corrected chi connectivity index (χ2v) is 4.10. The topological polar surface area (TPSA) is 26.0 Å². The van der Waals surface area contributed by atoms with Crippen molar-refractivity contribution in [2.24, 2.45) is 5.73 Å². The van der Waals surface area contributed by atoms with Gasteiger partial charge < -0.3 is 5.73 Å². The molecule has 0 heterocycles. The van der Waals surface area contributed by atoms with Crippen LogP contribution >= 0.6 is 0 Å². The van der Waals surface area contributed by atoms with Gasteiger partial charge in [0.2, 0.25) is 0 Å². The second kappa shape index (κ2) is 4.50. The molecule has 0 saturated heterocycles. The summed E-state index contributed by atoms with van der Waals surface area (Å²) in [6.45, 7) is 4.56. The molecule has 1 aromatic carbocycles. The Morgan fingerprint density at radius 2 is 2.12 bits per heavy atom. The Labute approximate surface area is 97.0 Å². The lowest BCUT2D eigenvalue weighted by molar-refractivity contribution is 0.666. The molecule has 0 fully saturated rings. The summed E-state index contributed by atoms with van der Waals surface area (Å²) in [6, 6.07) is 8.33. The van der Waals surface area contributed by atoms with Crippen molar-refractivity contribution in [3.63, 3.8) is 0 Å². The molecule has 1 nitrogen and oxygen atoms in total. The summed E-state index contributed by atoms with van der Waals surface area (Å²) in [5.41, 5.74) is 8.18. The van der Waals surface area contributed by atoms with Gasteiger partial charge in [0.25, 0.3) is 0 Å². The fourth-order valence-electron chi connectivity index (χ4n) is 2.25. The van der Waals surface area contributed by atoms with Crippen LogP contribution in [0.3, 0.4) is 0 Å². The maximum atomic E-state index is 5.79. The summed E-state index contributed by atoms with van der Waals surface area (Å²) in [5.74, 6) is 0. The van der Waals surface area contributed by atoms with Crippen LogP contribution in [0, 0.1) is 0 Å². The van der Waals surface area contributed by atoms with E-state index in [4.69, 9.17) is 5.73 Å². The number of benzene rings is 1. The number of nitrogens with two attached hydrogens (primary N) is 1. The lowest BCUT2D eigenvalue weighted by atomic mass is 9.74. The van der Waals surface area contributed by atoms with E-state index in [2.05, 4.69) is 49.1 Å². The van der Waals surface area contributed by atoms with E-state index in [0.29, 0.717) is 6.54 Å². The van der Waals surface area contributed by atoms with Crippen molar-refractivity contribution in [3.8, 4) is 0 Å². The SMILES string of the molecule is C=CC1(c2ccccc2CN)C=CC=CC1. The molecule has 0 aliphatic heterocycles. The van der Waals surface area contributed by atoms with Crippen LogP contribution in [0.15, 0.2) is 61.2 Å². The van der Waals surface area contributed by atoms with Gasteiger partial charge in [-0.1, -0.05) is 54.6 Å². The fraction of sp³-hybridized carbons (Fsp3) is 0.200. The second-order valence-electron chi connectivity index (χ2n) is 4.10. The van der Waals surface area contributed by atoms with Crippen LogP contribution in [0.1, 0.15) is 17.5 Å². The molecule has 1 unspecified atom stereocenters. The van der Waals surface area contributed by atoms with E-state index in [1.165, 1.54) is 11.1 Å².